The molecule has 0 unspecified atom stereocenters. The number of amidine groups is 1. The molecule has 28 heavy (non-hydrogen) atoms. The molecular formula is C19H23ClN4O3S. The van der Waals surface area contributed by atoms with E-state index in [-0.39, 0.29) is 17.3 Å². The Morgan fingerprint density at radius 1 is 1.11 bits per heavy atom. The summed E-state index contributed by atoms with van der Waals surface area (Å²) in [5.74, 6) is 1.12. The van der Waals surface area contributed by atoms with Gasteiger partial charge in [0.2, 0.25) is 10.0 Å². The zero-order valence-corrected chi connectivity index (χ0v) is 17.1. The van der Waals surface area contributed by atoms with Gasteiger partial charge in [-0.25, -0.2) is 13.4 Å². The summed E-state index contributed by atoms with van der Waals surface area (Å²) in [5, 5.41) is 3.46. The lowest BCUT2D eigenvalue weighted by Crippen LogP contribution is -2.52. The molecule has 0 bridgehead atoms. The molecule has 2 aromatic carbocycles. The van der Waals surface area contributed by atoms with Gasteiger partial charge in [0.15, 0.2) is 0 Å². The highest BCUT2D eigenvalue weighted by molar-refractivity contribution is 7.89. The van der Waals surface area contributed by atoms with Crippen LogP contribution in [-0.2, 0) is 10.0 Å². The molecule has 2 heterocycles. The largest absolute Gasteiger partial charge is 0.497 e. The number of nitrogens with zero attached hydrogens (tertiary/aromatic N) is 2. The molecule has 7 nitrogen and oxygen atoms in total. The first-order valence-electron chi connectivity index (χ1n) is 8.81. The van der Waals surface area contributed by atoms with Gasteiger partial charge in [-0.1, -0.05) is 12.1 Å². The van der Waals surface area contributed by atoms with Gasteiger partial charge in [0.05, 0.1) is 12.0 Å². The minimum Gasteiger partial charge on any atom is -0.497 e. The molecule has 0 aliphatic carbocycles. The monoisotopic (exact) mass is 422 g/mol. The van der Waals surface area contributed by atoms with Crippen molar-refractivity contribution < 1.29 is 13.2 Å². The van der Waals surface area contributed by atoms with Gasteiger partial charge in [-0.2, -0.15) is 4.31 Å². The molecule has 1 saturated heterocycles. The number of piperidine rings is 1. The smallest absolute Gasteiger partial charge is 0.243 e. The number of nitrogens with one attached hydrogen (secondary N) is 1. The second-order valence-corrected chi connectivity index (χ2v) is 8.72. The molecule has 0 radical (unpaired) electrons. The van der Waals surface area contributed by atoms with Crippen LogP contribution in [0, 0.1) is 0 Å². The fourth-order valence-electron chi connectivity index (χ4n) is 3.61. The second-order valence-electron chi connectivity index (χ2n) is 6.78. The molecule has 3 N–H and O–H groups in total. The molecule has 0 aromatic heterocycles. The van der Waals surface area contributed by atoms with Crippen molar-refractivity contribution in [1.82, 2.24) is 4.31 Å². The number of halogens is 1. The van der Waals surface area contributed by atoms with Crippen LogP contribution in [0.5, 0.6) is 5.75 Å². The SMILES string of the molecule is COc1ccc(S(=O)(=O)N2CCC3(CC2)N=C(N)c2ccccc2N3)cc1.Cl. The summed E-state index contributed by atoms with van der Waals surface area (Å²) >= 11 is 0. The molecule has 1 spiro atoms. The number of methoxy groups -OCH3 is 1. The van der Waals surface area contributed by atoms with Crippen molar-refractivity contribution in [3.05, 3.63) is 54.1 Å². The molecule has 2 aliphatic heterocycles. The summed E-state index contributed by atoms with van der Waals surface area (Å²) in [6.07, 6.45) is 1.11. The third-order valence-electron chi connectivity index (χ3n) is 5.15. The topological polar surface area (TPSA) is 97.0 Å². The Morgan fingerprint density at radius 3 is 2.39 bits per heavy atom. The van der Waals surface area contributed by atoms with Crippen LogP contribution in [0.1, 0.15) is 18.4 Å². The number of ether oxygens (including phenoxy) is 1. The van der Waals surface area contributed by atoms with E-state index in [2.05, 4.69) is 10.3 Å². The number of benzene rings is 2. The molecule has 4 rings (SSSR count). The summed E-state index contributed by atoms with van der Waals surface area (Å²) in [4.78, 5) is 4.94. The van der Waals surface area contributed by atoms with E-state index in [4.69, 9.17) is 10.5 Å². The van der Waals surface area contributed by atoms with Crippen LogP contribution >= 0.6 is 12.4 Å². The predicted octanol–water partition coefficient (Wildman–Crippen LogP) is 2.43. The number of sulfonamides is 1. The van der Waals surface area contributed by atoms with Crippen molar-refractivity contribution >= 4 is 34.0 Å². The minimum absolute atomic E-state index is 0. The average Bonchev–Trinajstić information content (AvgIpc) is 2.68. The van der Waals surface area contributed by atoms with Crippen LogP contribution < -0.4 is 15.8 Å². The van der Waals surface area contributed by atoms with E-state index < -0.39 is 15.7 Å². The number of para-hydroxylation sites is 1. The van der Waals surface area contributed by atoms with Crippen LogP contribution in [0.3, 0.4) is 0 Å². The predicted molar refractivity (Wildman–Crippen MR) is 112 cm³/mol. The average molecular weight is 423 g/mol. The van der Waals surface area contributed by atoms with Gasteiger partial charge < -0.3 is 15.8 Å². The second kappa shape index (κ2) is 7.62. The van der Waals surface area contributed by atoms with Crippen LogP contribution in [0.15, 0.2) is 58.4 Å². The van der Waals surface area contributed by atoms with E-state index in [1.54, 1.807) is 31.4 Å². The highest BCUT2D eigenvalue weighted by Crippen LogP contribution is 2.35. The van der Waals surface area contributed by atoms with Crippen LogP contribution in [0.2, 0.25) is 0 Å². The Kier molecular flexibility index (Phi) is 5.56. The Balaban J connectivity index is 0.00000225. The van der Waals surface area contributed by atoms with Gasteiger partial charge in [-0.3, -0.25) is 0 Å². The number of anilines is 1. The fraction of sp³-hybridized carbons (Fsp3) is 0.316. The third kappa shape index (κ3) is 3.55. The maximum atomic E-state index is 12.9. The minimum atomic E-state index is -3.55. The van der Waals surface area contributed by atoms with Crippen LogP contribution in [0.25, 0.3) is 0 Å². The van der Waals surface area contributed by atoms with Gasteiger partial charge in [-0.05, 0) is 36.4 Å². The standard InChI is InChI=1S/C19H22N4O3S.ClH/c1-26-14-6-8-15(9-7-14)27(24,25)23-12-10-19(11-13-23)21-17-5-3-2-4-16(17)18(20)22-19;/h2-9,21H,10-13H2,1H3,(H2,20,22);1H. The van der Waals surface area contributed by atoms with E-state index in [9.17, 15) is 8.42 Å². The molecule has 0 amide bonds. The van der Waals surface area contributed by atoms with E-state index in [0.29, 0.717) is 37.5 Å². The van der Waals surface area contributed by atoms with Gasteiger partial charge in [0, 0.05) is 37.2 Å². The van der Waals surface area contributed by atoms with Crippen LogP contribution in [0.4, 0.5) is 5.69 Å². The Bertz CT molecular complexity index is 984. The number of hydrogen-bond acceptors (Lipinski definition) is 6. The van der Waals surface area contributed by atoms with Gasteiger partial charge in [-0.15, -0.1) is 12.4 Å². The molecule has 2 aliphatic rings. The Hall–Kier alpha value is -2.29. The molecule has 0 saturated carbocycles. The van der Waals surface area contributed by atoms with E-state index in [0.717, 1.165) is 11.3 Å². The highest BCUT2D eigenvalue weighted by atomic mass is 35.5. The molecule has 9 heteroatoms. The number of fused-ring (bicyclic) bond motifs is 1. The number of hydrogen-bond donors (Lipinski definition) is 2. The summed E-state index contributed by atoms with van der Waals surface area (Å²) in [7, 11) is -2.00. The summed E-state index contributed by atoms with van der Waals surface area (Å²) < 4.78 is 32.5. The number of rotatable bonds is 3. The van der Waals surface area contributed by atoms with Crippen molar-refractivity contribution in [2.75, 3.05) is 25.5 Å². The van der Waals surface area contributed by atoms with Crippen molar-refractivity contribution in [2.45, 2.75) is 23.4 Å². The van der Waals surface area contributed by atoms with Crippen molar-refractivity contribution in [1.29, 1.82) is 0 Å². The lowest BCUT2D eigenvalue weighted by Gasteiger charge is -2.42. The molecule has 1 fully saturated rings. The molecule has 150 valence electrons. The zero-order valence-electron chi connectivity index (χ0n) is 15.5. The fourth-order valence-corrected chi connectivity index (χ4v) is 5.06. The first kappa shape index (κ1) is 20.4. The maximum absolute atomic E-state index is 12.9. The quantitative estimate of drug-likeness (QED) is 0.791. The van der Waals surface area contributed by atoms with Gasteiger partial charge >= 0.3 is 0 Å². The number of aliphatic imine (C=N–C) groups is 1. The van der Waals surface area contributed by atoms with E-state index in [1.807, 2.05) is 24.3 Å². The lowest BCUT2D eigenvalue weighted by molar-refractivity contribution is 0.260. The Labute approximate surface area is 171 Å². The van der Waals surface area contributed by atoms with Crippen molar-refractivity contribution in [3.63, 3.8) is 0 Å². The summed E-state index contributed by atoms with van der Waals surface area (Å²) in [6, 6.07) is 14.2. The highest BCUT2D eigenvalue weighted by Gasteiger charge is 2.40. The molecular weight excluding hydrogens is 400 g/mol. The Morgan fingerprint density at radius 2 is 1.75 bits per heavy atom. The summed E-state index contributed by atoms with van der Waals surface area (Å²) in [6.45, 7) is 0.751. The van der Waals surface area contributed by atoms with Gasteiger partial charge in [0.1, 0.15) is 17.2 Å². The van der Waals surface area contributed by atoms with E-state index >= 15 is 0 Å². The first-order chi connectivity index (χ1) is 12.9. The van der Waals surface area contributed by atoms with Gasteiger partial charge in [0.25, 0.3) is 0 Å². The maximum Gasteiger partial charge on any atom is 0.243 e. The van der Waals surface area contributed by atoms with Crippen molar-refractivity contribution in [3.8, 4) is 5.75 Å². The zero-order chi connectivity index (χ0) is 19.1. The van der Waals surface area contributed by atoms with Crippen molar-refractivity contribution in [2.24, 2.45) is 10.7 Å². The third-order valence-corrected chi connectivity index (χ3v) is 7.06. The summed E-state index contributed by atoms with van der Waals surface area (Å²) in [5.41, 5.74) is 7.43. The first-order valence-corrected chi connectivity index (χ1v) is 10.2. The molecule has 2 aromatic rings. The van der Waals surface area contributed by atoms with Crippen LogP contribution in [-0.4, -0.2) is 44.4 Å². The molecule has 0 atom stereocenters. The van der Waals surface area contributed by atoms with E-state index in [1.165, 1.54) is 4.31 Å². The normalized spacial score (nSPS) is 18.4. The number of nitrogens with two attached hydrogens (primary N) is 1. The lowest BCUT2D eigenvalue weighted by atomic mass is 9.95.